The number of rotatable bonds is 7. The van der Waals surface area contributed by atoms with Crippen molar-refractivity contribution in [1.29, 1.82) is 0 Å². The summed E-state index contributed by atoms with van der Waals surface area (Å²) in [5.74, 6) is 0.439. The second kappa shape index (κ2) is 8.28. The Morgan fingerprint density at radius 3 is 2.17 bits per heavy atom. The standard InChI is InChI=1S/C21H27NO/c23-17-20-12-7-13-21(20)22(16-19-10-5-2-6-11-19)15-14-18-8-3-1-4-9-18/h1-6,8-11,20-21,23H,7,12-17H2. The van der Waals surface area contributed by atoms with E-state index >= 15 is 0 Å². The van der Waals surface area contributed by atoms with Crippen molar-refractivity contribution in [3.63, 3.8) is 0 Å². The van der Waals surface area contributed by atoms with Crippen molar-refractivity contribution >= 4 is 0 Å². The van der Waals surface area contributed by atoms with Crippen LogP contribution in [-0.4, -0.2) is 29.2 Å². The van der Waals surface area contributed by atoms with Crippen LogP contribution >= 0.6 is 0 Å². The Morgan fingerprint density at radius 1 is 0.870 bits per heavy atom. The highest BCUT2D eigenvalue weighted by Gasteiger charge is 2.31. The van der Waals surface area contributed by atoms with E-state index in [0.717, 1.165) is 25.9 Å². The molecule has 0 amide bonds. The van der Waals surface area contributed by atoms with Gasteiger partial charge < -0.3 is 5.11 Å². The summed E-state index contributed by atoms with van der Waals surface area (Å²) in [6.07, 6.45) is 4.69. The first kappa shape index (κ1) is 16.2. The third kappa shape index (κ3) is 4.43. The number of nitrogens with zero attached hydrogens (tertiary/aromatic N) is 1. The first-order chi connectivity index (χ1) is 11.4. The zero-order valence-electron chi connectivity index (χ0n) is 13.8. The van der Waals surface area contributed by atoms with Crippen LogP contribution in [0.25, 0.3) is 0 Å². The maximum atomic E-state index is 9.71. The van der Waals surface area contributed by atoms with Gasteiger partial charge in [0.15, 0.2) is 0 Å². The van der Waals surface area contributed by atoms with E-state index in [1.54, 1.807) is 0 Å². The maximum Gasteiger partial charge on any atom is 0.0474 e. The topological polar surface area (TPSA) is 23.5 Å². The zero-order valence-corrected chi connectivity index (χ0v) is 13.8. The van der Waals surface area contributed by atoms with Crippen molar-refractivity contribution in [3.8, 4) is 0 Å². The van der Waals surface area contributed by atoms with Crippen LogP contribution in [0, 0.1) is 5.92 Å². The lowest BCUT2D eigenvalue weighted by atomic mass is 10.0. The highest BCUT2D eigenvalue weighted by Crippen LogP contribution is 2.30. The van der Waals surface area contributed by atoms with Crippen LogP contribution in [0.1, 0.15) is 30.4 Å². The molecule has 1 N–H and O–H groups in total. The predicted molar refractivity (Wildman–Crippen MR) is 95.2 cm³/mol. The molecule has 122 valence electrons. The molecule has 2 atom stereocenters. The van der Waals surface area contributed by atoms with Gasteiger partial charge in [-0.15, -0.1) is 0 Å². The molecule has 0 heterocycles. The van der Waals surface area contributed by atoms with E-state index in [1.165, 1.54) is 24.0 Å². The molecule has 0 radical (unpaired) electrons. The van der Waals surface area contributed by atoms with Gasteiger partial charge >= 0.3 is 0 Å². The van der Waals surface area contributed by atoms with Crippen LogP contribution in [0.15, 0.2) is 60.7 Å². The minimum Gasteiger partial charge on any atom is -0.396 e. The van der Waals surface area contributed by atoms with Gasteiger partial charge in [0.25, 0.3) is 0 Å². The van der Waals surface area contributed by atoms with Gasteiger partial charge in [-0.05, 0) is 36.3 Å². The van der Waals surface area contributed by atoms with Gasteiger partial charge in [-0.1, -0.05) is 67.1 Å². The largest absolute Gasteiger partial charge is 0.396 e. The van der Waals surface area contributed by atoms with Gasteiger partial charge in [0, 0.05) is 25.7 Å². The second-order valence-electron chi connectivity index (χ2n) is 6.63. The minimum absolute atomic E-state index is 0.321. The number of aliphatic hydroxyl groups excluding tert-OH is 1. The van der Waals surface area contributed by atoms with Gasteiger partial charge in [0.1, 0.15) is 0 Å². The van der Waals surface area contributed by atoms with Crippen LogP contribution in [0.4, 0.5) is 0 Å². The molecule has 0 aromatic heterocycles. The predicted octanol–water partition coefficient (Wildman–Crippen LogP) is 3.89. The van der Waals surface area contributed by atoms with Gasteiger partial charge in [-0.2, -0.15) is 0 Å². The average Bonchev–Trinajstić information content (AvgIpc) is 3.09. The van der Waals surface area contributed by atoms with Crippen molar-refractivity contribution in [3.05, 3.63) is 71.8 Å². The monoisotopic (exact) mass is 309 g/mol. The van der Waals surface area contributed by atoms with Gasteiger partial charge in [-0.25, -0.2) is 0 Å². The number of hydrogen-bond acceptors (Lipinski definition) is 2. The van der Waals surface area contributed by atoms with Gasteiger partial charge in [0.2, 0.25) is 0 Å². The molecule has 1 fully saturated rings. The van der Waals surface area contributed by atoms with E-state index in [9.17, 15) is 5.11 Å². The van der Waals surface area contributed by atoms with Crippen molar-refractivity contribution < 1.29 is 5.11 Å². The molecule has 2 unspecified atom stereocenters. The Balaban J connectivity index is 1.70. The van der Waals surface area contributed by atoms with Crippen LogP contribution < -0.4 is 0 Å². The van der Waals surface area contributed by atoms with Gasteiger partial charge in [0.05, 0.1) is 0 Å². The molecule has 2 nitrogen and oxygen atoms in total. The minimum atomic E-state index is 0.321. The number of benzene rings is 2. The lowest BCUT2D eigenvalue weighted by molar-refractivity contribution is 0.111. The third-order valence-electron chi connectivity index (χ3n) is 5.08. The molecule has 2 heteroatoms. The van der Waals surface area contributed by atoms with Crippen LogP contribution in [0.3, 0.4) is 0 Å². The lowest BCUT2D eigenvalue weighted by Gasteiger charge is -2.32. The molecule has 1 saturated carbocycles. The molecule has 23 heavy (non-hydrogen) atoms. The molecular formula is C21H27NO. The third-order valence-corrected chi connectivity index (χ3v) is 5.08. The Kier molecular flexibility index (Phi) is 5.84. The number of aliphatic hydroxyl groups is 1. The molecule has 1 aliphatic rings. The quantitative estimate of drug-likeness (QED) is 0.838. The lowest BCUT2D eigenvalue weighted by Crippen LogP contribution is -2.39. The summed E-state index contributed by atoms with van der Waals surface area (Å²) in [5.41, 5.74) is 2.76. The van der Waals surface area contributed by atoms with E-state index in [0.29, 0.717) is 18.6 Å². The molecular weight excluding hydrogens is 282 g/mol. The summed E-state index contributed by atoms with van der Waals surface area (Å²) in [4.78, 5) is 2.59. The summed E-state index contributed by atoms with van der Waals surface area (Å²) in [6, 6.07) is 21.9. The van der Waals surface area contributed by atoms with Crippen molar-refractivity contribution in [2.75, 3.05) is 13.2 Å². The smallest absolute Gasteiger partial charge is 0.0474 e. The van der Waals surface area contributed by atoms with E-state index in [1.807, 2.05) is 0 Å². The average molecular weight is 309 g/mol. The van der Waals surface area contributed by atoms with Crippen molar-refractivity contribution in [2.45, 2.75) is 38.3 Å². The molecule has 2 aromatic rings. The Bertz CT molecular complexity index is 569. The fourth-order valence-corrected chi connectivity index (χ4v) is 3.81. The van der Waals surface area contributed by atoms with Crippen LogP contribution in [0.5, 0.6) is 0 Å². The highest BCUT2D eigenvalue weighted by molar-refractivity contribution is 5.16. The van der Waals surface area contributed by atoms with E-state index in [-0.39, 0.29) is 0 Å². The molecule has 0 saturated heterocycles. The van der Waals surface area contributed by atoms with Crippen molar-refractivity contribution in [1.82, 2.24) is 4.90 Å². The van der Waals surface area contributed by atoms with E-state index < -0.39 is 0 Å². The van der Waals surface area contributed by atoms with Crippen molar-refractivity contribution in [2.24, 2.45) is 5.92 Å². The highest BCUT2D eigenvalue weighted by atomic mass is 16.3. The van der Waals surface area contributed by atoms with Gasteiger partial charge in [-0.3, -0.25) is 4.90 Å². The molecule has 2 aromatic carbocycles. The molecule has 0 bridgehead atoms. The second-order valence-corrected chi connectivity index (χ2v) is 6.63. The summed E-state index contributed by atoms with van der Waals surface area (Å²) in [6.45, 7) is 2.36. The molecule has 0 spiro atoms. The normalized spacial score (nSPS) is 21.0. The fraction of sp³-hybridized carbons (Fsp3) is 0.429. The first-order valence-electron chi connectivity index (χ1n) is 8.79. The van der Waals surface area contributed by atoms with Crippen LogP contribution in [-0.2, 0) is 13.0 Å². The maximum absolute atomic E-state index is 9.71. The molecule has 3 rings (SSSR count). The first-order valence-corrected chi connectivity index (χ1v) is 8.79. The Labute approximate surface area is 139 Å². The number of hydrogen-bond donors (Lipinski definition) is 1. The van der Waals surface area contributed by atoms with Crippen LogP contribution in [0.2, 0.25) is 0 Å². The summed E-state index contributed by atoms with van der Waals surface area (Å²) in [5, 5.41) is 9.71. The SMILES string of the molecule is OCC1CCCC1N(CCc1ccccc1)Cc1ccccc1. The Morgan fingerprint density at radius 2 is 1.52 bits per heavy atom. The summed E-state index contributed by atoms with van der Waals surface area (Å²) < 4.78 is 0. The summed E-state index contributed by atoms with van der Waals surface area (Å²) >= 11 is 0. The Hall–Kier alpha value is -1.64. The molecule has 0 aliphatic heterocycles. The summed E-state index contributed by atoms with van der Waals surface area (Å²) in [7, 11) is 0. The zero-order chi connectivity index (χ0) is 15.9. The fourth-order valence-electron chi connectivity index (χ4n) is 3.81. The van der Waals surface area contributed by atoms with E-state index in [2.05, 4.69) is 65.6 Å². The molecule has 1 aliphatic carbocycles. The van der Waals surface area contributed by atoms with E-state index in [4.69, 9.17) is 0 Å².